The summed E-state index contributed by atoms with van der Waals surface area (Å²) in [5, 5.41) is 11.4. The second-order valence-electron chi connectivity index (χ2n) is 3.43. The highest BCUT2D eigenvalue weighted by Crippen LogP contribution is 2.15. The van der Waals surface area contributed by atoms with E-state index in [9.17, 15) is 4.79 Å². The monoisotopic (exact) mass is 201 g/mol. The first-order valence-corrected chi connectivity index (χ1v) is 4.81. The fourth-order valence-corrected chi connectivity index (χ4v) is 1.61. The summed E-state index contributed by atoms with van der Waals surface area (Å²) >= 11 is 0. The van der Waals surface area contributed by atoms with Gasteiger partial charge in [-0.25, -0.2) is 0 Å². The topological polar surface area (TPSA) is 56.1 Å². The quantitative estimate of drug-likeness (QED) is 0.719. The number of carbonyl (C=O) groups is 1. The van der Waals surface area contributed by atoms with Gasteiger partial charge in [-0.1, -0.05) is 0 Å². The van der Waals surface area contributed by atoms with E-state index in [4.69, 9.17) is 5.26 Å². The van der Waals surface area contributed by atoms with E-state index in [1.165, 1.54) is 0 Å². The van der Waals surface area contributed by atoms with Crippen LogP contribution in [-0.2, 0) is 4.79 Å². The van der Waals surface area contributed by atoms with Crippen LogP contribution >= 0.6 is 0 Å². The zero-order valence-electron chi connectivity index (χ0n) is 8.23. The van der Waals surface area contributed by atoms with Gasteiger partial charge in [-0.2, -0.15) is 5.26 Å². The number of carbonyl (C=O) groups excluding carboxylic acids is 1. The first kappa shape index (κ1) is 9.53. The fourth-order valence-electron chi connectivity index (χ4n) is 1.61. The van der Waals surface area contributed by atoms with Crippen LogP contribution in [0.3, 0.4) is 0 Å². The molecule has 1 fully saturated rings. The van der Waals surface area contributed by atoms with Crippen molar-refractivity contribution in [1.29, 1.82) is 5.26 Å². The van der Waals surface area contributed by atoms with E-state index in [0.29, 0.717) is 18.7 Å². The Hall–Kier alpha value is -2.02. The molecule has 76 valence electrons. The molecule has 0 atom stereocenters. The van der Waals surface area contributed by atoms with Crippen molar-refractivity contribution in [1.82, 2.24) is 5.32 Å². The molecule has 1 N–H and O–H groups in total. The number of nitrogens with zero attached hydrogens (tertiary/aromatic N) is 2. The third kappa shape index (κ3) is 2.08. The molecule has 1 aromatic carbocycles. The molecular formula is C11H11N3O. The van der Waals surface area contributed by atoms with Gasteiger partial charge in [-0.05, 0) is 24.3 Å². The van der Waals surface area contributed by atoms with Crippen LogP contribution in [-0.4, -0.2) is 25.5 Å². The Morgan fingerprint density at radius 1 is 1.33 bits per heavy atom. The minimum absolute atomic E-state index is 0.0469. The van der Waals surface area contributed by atoms with E-state index >= 15 is 0 Å². The smallest absolute Gasteiger partial charge is 0.239 e. The maximum atomic E-state index is 11.2. The highest BCUT2D eigenvalue weighted by Gasteiger charge is 2.15. The predicted octanol–water partition coefficient (Wildman–Crippen LogP) is 0.494. The Kier molecular flexibility index (Phi) is 2.55. The van der Waals surface area contributed by atoms with Crippen molar-refractivity contribution < 1.29 is 4.79 Å². The average Bonchev–Trinajstić information content (AvgIpc) is 2.29. The summed E-state index contributed by atoms with van der Waals surface area (Å²) in [6.45, 7) is 1.89. The average molecular weight is 201 g/mol. The molecule has 1 amide bonds. The number of nitrogens with one attached hydrogen (secondary N) is 1. The van der Waals surface area contributed by atoms with E-state index in [1.54, 1.807) is 12.1 Å². The molecular weight excluding hydrogens is 190 g/mol. The molecule has 1 saturated heterocycles. The summed E-state index contributed by atoms with van der Waals surface area (Å²) in [5.41, 5.74) is 1.63. The number of amides is 1. The van der Waals surface area contributed by atoms with E-state index in [0.717, 1.165) is 12.2 Å². The molecule has 1 heterocycles. The number of benzene rings is 1. The molecule has 4 heteroatoms. The normalized spacial score (nSPS) is 15.7. The third-order valence-corrected chi connectivity index (χ3v) is 2.40. The molecule has 0 spiro atoms. The van der Waals surface area contributed by atoms with Crippen LogP contribution in [0.15, 0.2) is 24.3 Å². The van der Waals surface area contributed by atoms with Crippen LogP contribution in [0.5, 0.6) is 0 Å². The van der Waals surface area contributed by atoms with Crippen molar-refractivity contribution in [3.63, 3.8) is 0 Å². The van der Waals surface area contributed by atoms with Crippen molar-refractivity contribution in [2.75, 3.05) is 24.5 Å². The van der Waals surface area contributed by atoms with E-state index < -0.39 is 0 Å². The summed E-state index contributed by atoms with van der Waals surface area (Å²) < 4.78 is 0. The summed E-state index contributed by atoms with van der Waals surface area (Å²) in [4.78, 5) is 13.2. The van der Waals surface area contributed by atoms with Gasteiger partial charge in [0.05, 0.1) is 18.2 Å². The second kappa shape index (κ2) is 4.01. The number of nitriles is 1. The number of rotatable bonds is 1. The maximum Gasteiger partial charge on any atom is 0.239 e. The zero-order valence-corrected chi connectivity index (χ0v) is 8.23. The lowest BCUT2D eigenvalue weighted by Gasteiger charge is -2.28. The second-order valence-corrected chi connectivity index (χ2v) is 3.43. The summed E-state index contributed by atoms with van der Waals surface area (Å²) in [6, 6.07) is 9.34. The van der Waals surface area contributed by atoms with Crippen LogP contribution in [0.25, 0.3) is 0 Å². The van der Waals surface area contributed by atoms with Gasteiger partial charge in [0.1, 0.15) is 0 Å². The molecule has 0 radical (unpaired) electrons. The van der Waals surface area contributed by atoms with Gasteiger partial charge in [0, 0.05) is 18.8 Å². The van der Waals surface area contributed by atoms with Crippen molar-refractivity contribution in [2.24, 2.45) is 0 Å². The maximum absolute atomic E-state index is 11.2. The predicted molar refractivity (Wildman–Crippen MR) is 56.4 cm³/mol. The van der Waals surface area contributed by atoms with Gasteiger partial charge in [0.15, 0.2) is 0 Å². The van der Waals surface area contributed by atoms with Gasteiger partial charge < -0.3 is 10.2 Å². The number of anilines is 1. The molecule has 1 aliphatic heterocycles. The molecule has 0 bridgehead atoms. The molecule has 2 rings (SSSR count). The highest BCUT2D eigenvalue weighted by molar-refractivity contribution is 5.82. The number of hydrogen-bond acceptors (Lipinski definition) is 3. The van der Waals surface area contributed by atoms with Crippen molar-refractivity contribution in [2.45, 2.75) is 0 Å². The molecule has 15 heavy (non-hydrogen) atoms. The Morgan fingerprint density at radius 3 is 2.67 bits per heavy atom. The van der Waals surface area contributed by atoms with E-state index in [2.05, 4.69) is 11.4 Å². The molecule has 1 aliphatic rings. The Bertz CT molecular complexity index is 405. The SMILES string of the molecule is N#Cc1ccc(N2CCNC(=O)C2)cc1. The largest absolute Gasteiger partial charge is 0.360 e. The standard InChI is InChI=1S/C11H11N3O/c12-7-9-1-3-10(4-2-9)14-6-5-13-11(15)8-14/h1-4H,5-6,8H2,(H,13,15). The summed E-state index contributed by atoms with van der Waals surface area (Å²) in [5.74, 6) is 0.0469. The minimum atomic E-state index is 0.0469. The highest BCUT2D eigenvalue weighted by atomic mass is 16.2. The van der Waals surface area contributed by atoms with E-state index in [1.807, 2.05) is 17.0 Å². The van der Waals surface area contributed by atoms with Crippen molar-refractivity contribution in [3.05, 3.63) is 29.8 Å². The number of hydrogen-bond donors (Lipinski definition) is 1. The Labute approximate surface area is 88.1 Å². The van der Waals surface area contributed by atoms with Gasteiger partial charge >= 0.3 is 0 Å². The van der Waals surface area contributed by atoms with Crippen molar-refractivity contribution in [3.8, 4) is 6.07 Å². The van der Waals surface area contributed by atoms with Gasteiger partial charge in [0.25, 0.3) is 0 Å². The molecule has 0 saturated carbocycles. The van der Waals surface area contributed by atoms with Crippen LogP contribution in [0.2, 0.25) is 0 Å². The van der Waals surface area contributed by atoms with Crippen LogP contribution < -0.4 is 10.2 Å². The van der Waals surface area contributed by atoms with Crippen LogP contribution in [0.4, 0.5) is 5.69 Å². The number of piperazine rings is 1. The van der Waals surface area contributed by atoms with Crippen LogP contribution in [0.1, 0.15) is 5.56 Å². The first-order valence-electron chi connectivity index (χ1n) is 4.81. The molecule has 1 aromatic rings. The lowest BCUT2D eigenvalue weighted by molar-refractivity contribution is -0.120. The molecule has 0 aromatic heterocycles. The molecule has 0 unspecified atom stereocenters. The van der Waals surface area contributed by atoms with Gasteiger partial charge in [-0.15, -0.1) is 0 Å². The minimum Gasteiger partial charge on any atom is -0.360 e. The Morgan fingerprint density at radius 2 is 2.07 bits per heavy atom. The fraction of sp³-hybridized carbons (Fsp3) is 0.273. The third-order valence-electron chi connectivity index (χ3n) is 2.40. The lowest BCUT2D eigenvalue weighted by atomic mass is 10.2. The Balaban J connectivity index is 2.15. The zero-order chi connectivity index (χ0) is 10.7. The van der Waals surface area contributed by atoms with Crippen molar-refractivity contribution >= 4 is 11.6 Å². The summed E-state index contributed by atoms with van der Waals surface area (Å²) in [6.07, 6.45) is 0. The van der Waals surface area contributed by atoms with Crippen LogP contribution in [0, 0.1) is 11.3 Å². The van der Waals surface area contributed by atoms with E-state index in [-0.39, 0.29) is 5.91 Å². The van der Waals surface area contributed by atoms with Gasteiger partial charge in [0.2, 0.25) is 5.91 Å². The summed E-state index contributed by atoms with van der Waals surface area (Å²) in [7, 11) is 0. The molecule has 4 nitrogen and oxygen atoms in total. The lowest BCUT2D eigenvalue weighted by Crippen LogP contribution is -2.47. The first-order chi connectivity index (χ1) is 7.29. The van der Waals surface area contributed by atoms with Gasteiger partial charge in [-0.3, -0.25) is 4.79 Å². The molecule has 0 aliphatic carbocycles.